The molecule has 1 atom stereocenters. The molecule has 6 heteroatoms. The average molecular weight is 883 g/mol. The highest BCUT2D eigenvalue weighted by Gasteiger charge is 2.19. The number of unbranched alkanes of at least 4 members (excludes halogenated alkanes) is 30. The third kappa shape index (κ3) is 50.2. The van der Waals surface area contributed by atoms with E-state index in [1.165, 1.54) is 154 Å². The lowest BCUT2D eigenvalue weighted by Crippen LogP contribution is -2.30. The monoisotopic (exact) mass is 883 g/mol. The van der Waals surface area contributed by atoms with Crippen molar-refractivity contribution in [3.8, 4) is 0 Å². The molecular formula is C57H102O6. The van der Waals surface area contributed by atoms with Crippen LogP contribution in [0.1, 0.15) is 278 Å². The van der Waals surface area contributed by atoms with Gasteiger partial charge in [-0.05, 0) is 57.8 Å². The molecule has 0 radical (unpaired) electrons. The molecule has 0 N–H and O–H groups in total. The van der Waals surface area contributed by atoms with Crippen molar-refractivity contribution in [2.24, 2.45) is 0 Å². The third-order valence-corrected chi connectivity index (χ3v) is 11.8. The summed E-state index contributed by atoms with van der Waals surface area (Å²) in [4.78, 5) is 38.0. The summed E-state index contributed by atoms with van der Waals surface area (Å²) in [7, 11) is 0. The number of carbonyl (C=O) groups is 3. The van der Waals surface area contributed by atoms with E-state index in [0.29, 0.717) is 19.3 Å². The highest BCUT2D eigenvalue weighted by atomic mass is 16.6. The molecule has 0 amide bonds. The summed E-state index contributed by atoms with van der Waals surface area (Å²) in [5, 5.41) is 0. The van der Waals surface area contributed by atoms with Crippen molar-refractivity contribution in [2.45, 2.75) is 284 Å². The summed E-state index contributed by atoms with van der Waals surface area (Å²) in [5.74, 6) is -0.914. The zero-order valence-corrected chi connectivity index (χ0v) is 41.8. The van der Waals surface area contributed by atoms with Crippen molar-refractivity contribution in [3.05, 3.63) is 48.6 Å². The quantitative estimate of drug-likeness (QED) is 0.0262. The molecule has 0 heterocycles. The second-order valence-corrected chi connectivity index (χ2v) is 18.1. The maximum Gasteiger partial charge on any atom is 0.306 e. The molecule has 0 saturated carbocycles. The minimum Gasteiger partial charge on any atom is -0.462 e. The van der Waals surface area contributed by atoms with Gasteiger partial charge in [-0.2, -0.15) is 0 Å². The first kappa shape index (κ1) is 60.4. The number of ether oxygens (including phenoxy) is 3. The SMILES string of the molecule is CC/C=C\C/C=C\C/C=C\C/C=C\CCCCC(=O)OC[C@H](COC(=O)CCCCCCCCCCCCC)OC(=O)CCCCCCCCCCCCCCCCCCCCC. The van der Waals surface area contributed by atoms with Crippen LogP contribution in [0, 0.1) is 0 Å². The smallest absolute Gasteiger partial charge is 0.306 e. The Bertz CT molecular complexity index is 1110. The van der Waals surface area contributed by atoms with E-state index < -0.39 is 6.10 Å². The summed E-state index contributed by atoms with van der Waals surface area (Å²) < 4.78 is 16.8. The first-order chi connectivity index (χ1) is 31.0. The summed E-state index contributed by atoms with van der Waals surface area (Å²) in [6.07, 6.45) is 62.5. The Morgan fingerprint density at radius 1 is 0.333 bits per heavy atom. The first-order valence-electron chi connectivity index (χ1n) is 27.1. The number of hydrogen-bond acceptors (Lipinski definition) is 6. The first-order valence-corrected chi connectivity index (χ1v) is 27.1. The summed E-state index contributed by atoms with van der Waals surface area (Å²) in [6, 6.07) is 0. The van der Waals surface area contributed by atoms with Gasteiger partial charge >= 0.3 is 17.9 Å². The Balaban J connectivity index is 4.36. The zero-order valence-electron chi connectivity index (χ0n) is 41.8. The second-order valence-electron chi connectivity index (χ2n) is 18.1. The van der Waals surface area contributed by atoms with Crippen molar-refractivity contribution in [3.63, 3.8) is 0 Å². The number of rotatable bonds is 49. The molecule has 0 spiro atoms. The van der Waals surface area contributed by atoms with E-state index >= 15 is 0 Å². The van der Waals surface area contributed by atoms with E-state index in [0.717, 1.165) is 83.5 Å². The minimum atomic E-state index is -0.785. The molecule has 0 aromatic carbocycles. The Kier molecular flexibility index (Phi) is 49.8. The van der Waals surface area contributed by atoms with Crippen LogP contribution in [0.25, 0.3) is 0 Å². The van der Waals surface area contributed by atoms with Crippen LogP contribution < -0.4 is 0 Å². The largest absolute Gasteiger partial charge is 0.462 e. The lowest BCUT2D eigenvalue weighted by molar-refractivity contribution is -0.167. The van der Waals surface area contributed by atoms with Gasteiger partial charge in [0.1, 0.15) is 13.2 Å². The third-order valence-electron chi connectivity index (χ3n) is 11.8. The lowest BCUT2D eigenvalue weighted by atomic mass is 10.0. The van der Waals surface area contributed by atoms with E-state index in [1.54, 1.807) is 0 Å². The molecule has 0 unspecified atom stereocenters. The van der Waals surface area contributed by atoms with Crippen molar-refractivity contribution in [1.82, 2.24) is 0 Å². The summed E-state index contributed by atoms with van der Waals surface area (Å²) >= 11 is 0. The fourth-order valence-corrected chi connectivity index (χ4v) is 7.79. The molecule has 0 aromatic rings. The fraction of sp³-hybridized carbons (Fsp3) is 0.807. The van der Waals surface area contributed by atoms with Gasteiger partial charge < -0.3 is 14.2 Å². The molecule has 6 nitrogen and oxygen atoms in total. The Morgan fingerprint density at radius 3 is 0.968 bits per heavy atom. The van der Waals surface area contributed by atoms with Crippen LogP contribution in [0.4, 0.5) is 0 Å². The topological polar surface area (TPSA) is 78.9 Å². The van der Waals surface area contributed by atoms with Gasteiger partial charge in [-0.15, -0.1) is 0 Å². The van der Waals surface area contributed by atoms with Gasteiger partial charge in [-0.25, -0.2) is 0 Å². The maximum atomic E-state index is 12.8. The molecule has 0 aromatic heterocycles. The van der Waals surface area contributed by atoms with Gasteiger partial charge in [0.2, 0.25) is 0 Å². The Hall–Kier alpha value is -2.63. The van der Waals surface area contributed by atoms with Gasteiger partial charge in [0.25, 0.3) is 0 Å². The lowest BCUT2D eigenvalue weighted by Gasteiger charge is -2.18. The van der Waals surface area contributed by atoms with Crippen molar-refractivity contribution in [2.75, 3.05) is 13.2 Å². The molecule has 366 valence electrons. The second kappa shape index (κ2) is 52.0. The van der Waals surface area contributed by atoms with Crippen LogP contribution in [0.5, 0.6) is 0 Å². The normalized spacial score (nSPS) is 12.4. The number of carbonyl (C=O) groups excluding carboxylic acids is 3. The fourth-order valence-electron chi connectivity index (χ4n) is 7.79. The van der Waals surface area contributed by atoms with Crippen molar-refractivity contribution in [1.29, 1.82) is 0 Å². The Labute approximate surface area is 390 Å². The van der Waals surface area contributed by atoms with Gasteiger partial charge in [-0.3, -0.25) is 14.4 Å². The van der Waals surface area contributed by atoms with E-state index in [4.69, 9.17) is 14.2 Å². The van der Waals surface area contributed by atoms with Crippen LogP contribution in [0.3, 0.4) is 0 Å². The molecule has 0 aliphatic heterocycles. The van der Waals surface area contributed by atoms with Crippen LogP contribution in [-0.2, 0) is 28.6 Å². The number of esters is 3. The van der Waals surface area contributed by atoms with Crippen LogP contribution in [0.15, 0.2) is 48.6 Å². The molecule has 0 fully saturated rings. The average Bonchev–Trinajstić information content (AvgIpc) is 3.28. The minimum absolute atomic E-state index is 0.0824. The standard InChI is InChI=1S/C57H102O6/c1-4-7-10-13-16-19-22-24-26-27-28-29-31-33-36-39-42-45-48-51-57(60)63-54(52-61-55(58)49-46-43-40-37-34-21-18-15-12-9-6-3)53-62-56(59)50-47-44-41-38-35-32-30-25-23-20-17-14-11-8-5-2/h8,11,17,20,25,30,35,38,54H,4-7,9-10,12-16,18-19,21-24,26-29,31-34,36-37,39-53H2,1-3H3/b11-8-,20-17-,30-25-,38-35-/t54-/m0/s1. The molecule has 0 aliphatic carbocycles. The highest BCUT2D eigenvalue weighted by molar-refractivity contribution is 5.71. The van der Waals surface area contributed by atoms with E-state index in [2.05, 4.69) is 69.4 Å². The van der Waals surface area contributed by atoms with Gasteiger partial charge in [0.15, 0.2) is 6.10 Å². The van der Waals surface area contributed by atoms with Crippen LogP contribution >= 0.6 is 0 Å². The molecule has 0 aliphatic rings. The maximum absolute atomic E-state index is 12.8. The predicted octanol–water partition coefficient (Wildman–Crippen LogP) is 17.9. The van der Waals surface area contributed by atoms with E-state index in [1.807, 2.05) is 0 Å². The molecule has 0 bridgehead atoms. The molecular weight excluding hydrogens is 781 g/mol. The van der Waals surface area contributed by atoms with Gasteiger partial charge in [0.05, 0.1) is 0 Å². The van der Waals surface area contributed by atoms with Crippen molar-refractivity contribution >= 4 is 17.9 Å². The molecule has 0 rings (SSSR count). The number of allylic oxidation sites excluding steroid dienone is 8. The van der Waals surface area contributed by atoms with Crippen LogP contribution in [0.2, 0.25) is 0 Å². The van der Waals surface area contributed by atoms with Crippen molar-refractivity contribution < 1.29 is 28.6 Å². The van der Waals surface area contributed by atoms with Gasteiger partial charge in [0, 0.05) is 19.3 Å². The zero-order chi connectivity index (χ0) is 45.8. The Morgan fingerprint density at radius 2 is 0.619 bits per heavy atom. The summed E-state index contributed by atoms with van der Waals surface area (Å²) in [6.45, 7) is 6.51. The highest BCUT2D eigenvalue weighted by Crippen LogP contribution is 2.16. The van der Waals surface area contributed by atoms with E-state index in [-0.39, 0.29) is 31.1 Å². The summed E-state index contributed by atoms with van der Waals surface area (Å²) in [5.41, 5.74) is 0. The van der Waals surface area contributed by atoms with E-state index in [9.17, 15) is 14.4 Å². The predicted molar refractivity (Wildman–Crippen MR) is 270 cm³/mol. The number of hydrogen-bond donors (Lipinski definition) is 0. The van der Waals surface area contributed by atoms with Gasteiger partial charge in [-0.1, -0.05) is 249 Å². The van der Waals surface area contributed by atoms with Crippen LogP contribution in [-0.4, -0.2) is 37.2 Å². The molecule has 63 heavy (non-hydrogen) atoms. The molecule has 0 saturated heterocycles.